The highest BCUT2D eigenvalue weighted by Crippen LogP contribution is 2.27. The number of H-pyrrole nitrogens is 1. The Labute approximate surface area is 160 Å². The Balaban J connectivity index is 1.27. The molecule has 1 aromatic heterocycles. The van der Waals surface area contributed by atoms with Gasteiger partial charge in [-0.05, 0) is 37.4 Å². The molecule has 1 N–H and O–H groups in total. The number of likely N-dealkylation sites (tertiary alicyclic amines) is 1. The van der Waals surface area contributed by atoms with Gasteiger partial charge < -0.3 is 9.88 Å². The minimum absolute atomic E-state index is 0.134. The Bertz CT molecular complexity index is 865. The van der Waals surface area contributed by atoms with E-state index in [1.54, 1.807) is 6.20 Å². The van der Waals surface area contributed by atoms with Gasteiger partial charge in [0.2, 0.25) is 0 Å². The van der Waals surface area contributed by atoms with Crippen LogP contribution in [0.5, 0.6) is 0 Å². The standard InChI is InChI=1S/C23H25N3O/c27-22(21-17-24-23(25-21)20-9-5-2-6-10-20)13-16-26-14-11-19(12-15-26)18-7-3-1-4-8-18/h1-10,17,19H,11-16H2,(H,24,25). The molecular formula is C23H25N3O. The molecule has 0 spiro atoms. The smallest absolute Gasteiger partial charge is 0.181 e. The third-order valence-corrected chi connectivity index (χ3v) is 5.44. The number of rotatable bonds is 6. The van der Waals surface area contributed by atoms with E-state index in [0.717, 1.165) is 31.0 Å². The number of carbonyl (C=O) groups excluding carboxylic acids is 1. The van der Waals surface area contributed by atoms with Crippen LogP contribution >= 0.6 is 0 Å². The molecule has 4 rings (SSSR count). The lowest BCUT2D eigenvalue weighted by molar-refractivity contribution is 0.0952. The second-order valence-electron chi connectivity index (χ2n) is 7.21. The fraction of sp³-hybridized carbons (Fsp3) is 0.304. The molecule has 4 nitrogen and oxygen atoms in total. The quantitative estimate of drug-likeness (QED) is 0.658. The molecule has 2 heterocycles. The Morgan fingerprint density at radius 1 is 1.00 bits per heavy atom. The molecule has 138 valence electrons. The lowest BCUT2D eigenvalue weighted by Crippen LogP contribution is -2.34. The molecule has 0 unspecified atom stereocenters. The van der Waals surface area contributed by atoms with Crippen LogP contribution in [0.25, 0.3) is 11.4 Å². The molecule has 1 aliphatic heterocycles. The van der Waals surface area contributed by atoms with Gasteiger partial charge in [-0.1, -0.05) is 60.7 Å². The van der Waals surface area contributed by atoms with Crippen LogP contribution in [0.1, 0.15) is 41.2 Å². The average Bonchev–Trinajstić information content (AvgIpc) is 3.24. The van der Waals surface area contributed by atoms with Crippen molar-refractivity contribution in [3.05, 3.63) is 78.1 Å². The first-order chi connectivity index (χ1) is 13.3. The predicted molar refractivity (Wildman–Crippen MR) is 108 cm³/mol. The highest BCUT2D eigenvalue weighted by atomic mass is 16.1. The zero-order valence-corrected chi connectivity index (χ0v) is 15.5. The van der Waals surface area contributed by atoms with Crippen molar-refractivity contribution in [3.63, 3.8) is 0 Å². The van der Waals surface area contributed by atoms with Crippen molar-refractivity contribution in [2.75, 3.05) is 19.6 Å². The average molecular weight is 359 g/mol. The number of aromatic amines is 1. The van der Waals surface area contributed by atoms with Crippen LogP contribution in [0.15, 0.2) is 66.9 Å². The number of hydrogen-bond donors (Lipinski definition) is 1. The van der Waals surface area contributed by atoms with Crippen molar-refractivity contribution in [2.24, 2.45) is 0 Å². The molecule has 27 heavy (non-hydrogen) atoms. The zero-order valence-electron chi connectivity index (χ0n) is 15.5. The maximum atomic E-state index is 12.5. The molecule has 1 aliphatic rings. The van der Waals surface area contributed by atoms with E-state index >= 15 is 0 Å². The molecular weight excluding hydrogens is 334 g/mol. The Hall–Kier alpha value is -2.72. The van der Waals surface area contributed by atoms with Crippen LogP contribution in [0.2, 0.25) is 0 Å². The van der Waals surface area contributed by atoms with E-state index in [2.05, 4.69) is 45.2 Å². The van der Waals surface area contributed by atoms with Crippen LogP contribution in [-0.2, 0) is 0 Å². The van der Waals surface area contributed by atoms with Gasteiger partial charge in [-0.2, -0.15) is 0 Å². The normalized spacial score (nSPS) is 15.7. The molecule has 0 saturated carbocycles. The molecule has 2 aromatic carbocycles. The van der Waals surface area contributed by atoms with Gasteiger partial charge in [0.25, 0.3) is 0 Å². The Kier molecular flexibility index (Phi) is 5.45. The number of Topliss-reactive ketones (excluding diaryl/α,β-unsaturated/α-hetero) is 1. The molecule has 3 aromatic rings. The van der Waals surface area contributed by atoms with Gasteiger partial charge in [0, 0.05) is 18.5 Å². The van der Waals surface area contributed by atoms with Gasteiger partial charge in [-0.3, -0.25) is 4.79 Å². The minimum Gasteiger partial charge on any atom is -0.336 e. The molecule has 4 heteroatoms. The maximum absolute atomic E-state index is 12.5. The third-order valence-electron chi connectivity index (χ3n) is 5.44. The van der Waals surface area contributed by atoms with Crippen LogP contribution in [0, 0.1) is 0 Å². The van der Waals surface area contributed by atoms with Gasteiger partial charge in [0.05, 0.1) is 6.20 Å². The van der Waals surface area contributed by atoms with E-state index in [0.29, 0.717) is 18.0 Å². The lowest BCUT2D eigenvalue weighted by Gasteiger charge is -2.32. The summed E-state index contributed by atoms with van der Waals surface area (Å²) in [4.78, 5) is 22.5. The molecule has 1 fully saturated rings. The Morgan fingerprint density at radius 3 is 2.37 bits per heavy atom. The highest BCUT2D eigenvalue weighted by Gasteiger charge is 2.21. The van der Waals surface area contributed by atoms with Crippen LogP contribution in [0.4, 0.5) is 0 Å². The van der Waals surface area contributed by atoms with E-state index in [9.17, 15) is 4.79 Å². The second-order valence-corrected chi connectivity index (χ2v) is 7.21. The molecule has 0 radical (unpaired) electrons. The summed E-state index contributed by atoms with van der Waals surface area (Å²) < 4.78 is 0. The van der Waals surface area contributed by atoms with Crippen molar-refractivity contribution in [1.82, 2.24) is 14.9 Å². The van der Waals surface area contributed by atoms with E-state index in [-0.39, 0.29) is 5.78 Å². The molecule has 0 atom stereocenters. The fourth-order valence-corrected chi connectivity index (χ4v) is 3.82. The number of ketones is 1. The van der Waals surface area contributed by atoms with Crippen molar-refractivity contribution in [2.45, 2.75) is 25.2 Å². The monoisotopic (exact) mass is 359 g/mol. The van der Waals surface area contributed by atoms with E-state index in [1.807, 2.05) is 30.3 Å². The highest BCUT2D eigenvalue weighted by molar-refractivity contribution is 5.94. The van der Waals surface area contributed by atoms with Gasteiger partial charge in [0.15, 0.2) is 5.78 Å². The summed E-state index contributed by atoms with van der Waals surface area (Å²) in [6.07, 6.45) is 4.53. The summed E-state index contributed by atoms with van der Waals surface area (Å²) >= 11 is 0. The van der Waals surface area contributed by atoms with Crippen LogP contribution in [0.3, 0.4) is 0 Å². The fourth-order valence-electron chi connectivity index (χ4n) is 3.82. The first kappa shape index (κ1) is 17.7. The summed E-state index contributed by atoms with van der Waals surface area (Å²) in [7, 11) is 0. The van der Waals surface area contributed by atoms with Gasteiger partial charge in [-0.25, -0.2) is 4.98 Å². The molecule has 1 saturated heterocycles. The third kappa shape index (κ3) is 4.34. The SMILES string of the molecule is O=C(CCN1CCC(c2ccccc2)CC1)c1cnc(-c2ccccc2)[nH]1. The molecule has 0 aliphatic carbocycles. The topological polar surface area (TPSA) is 49.0 Å². The van der Waals surface area contributed by atoms with E-state index in [1.165, 1.54) is 18.4 Å². The number of aromatic nitrogens is 2. The molecule has 0 bridgehead atoms. The maximum Gasteiger partial charge on any atom is 0.181 e. The number of carbonyl (C=O) groups is 1. The number of nitrogens with zero attached hydrogens (tertiary/aromatic N) is 2. The number of nitrogens with one attached hydrogen (secondary N) is 1. The van der Waals surface area contributed by atoms with Gasteiger partial charge in [-0.15, -0.1) is 0 Å². The zero-order chi connectivity index (χ0) is 18.5. The summed E-state index contributed by atoms with van der Waals surface area (Å²) in [5, 5.41) is 0. The number of hydrogen-bond acceptors (Lipinski definition) is 3. The second kappa shape index (κ2) is 8.31. The van der Waals surface area contributed by atoms with E-state index < -0.39 is 0 Å². The van der Waals surface area contributed by atoms with Crippen LogP contribution in [-0.4, -0.2) is 40.3 Å². The number of benzene rings is 2. The summed E-state index contributed by atoms with van der Waals surface area (Å²) in [6.45, 7) is 2.94. The van der Waals surface area contributed by atoms with Crippen molar-refractivity contribution >= 4 is 5.78 Å². The largest absolute Gasteiger partial charge is 0.336 e. The lowest BCUT2D eigenvalue weighted by atomic mass is 9.89. The van der Waals surface area contributed by atoms with Gasteiger partial charge in [0.1, 0.15) is 11.5 Å². The first-order valence-corrected chi connectivity index (χ1v) is 9.70. The first-order valence-electron chi connectivity index (χ1n) is 9.70. The summed E-state index contributed by atoms with van der Waals surface area (Å²) in [6, 6.07) is 20.7. The number of piperidine rings is 1. The van der Waals surface area contributed by atoms with E-state index in [4.69, 9.17) is 0 Å². The minimum atomic E-state index is 0.134. The van der Waals surface area contributed by atoms with Crippen molar-refractivity contribution < 1.29 is 4.79 Å². The van der Waals surface area contributed by atoms with Crippen molar-refractivity contribution in [1.29, 1.82) is 0 Å². The summed E-state index contributed by atoms with van der Waals surface area (Å²) in [5.74, 6) is 1.54. The molecule has 0 amide bonds. The summed E-state index contributed by atoms with van der Waals surface area (Å²) in [5.41, 5.74) is 3.05. The van der Waals surface area contributed by atoms with Crippen molar-refractivity contribution in [3.8, 4) is 11.4 Å². The Morgan fingerprint density at radius 2 is 1.67 bits per heavy atom. The predicted octanol–water partition coefficient (Wildman–Crippen LogP) is 4.53. The van der Waals surface area contributed by atoms with Crippen LogP contribution < -0.4 is 0 Å². The number of imidazole rings is 1. The van der Waals surface area contributed by atoms with Gasteiger partial charge >= 0.3 is 0 Å².